The lowest BCUT2D eigenvalue weighted by atomic mass is 9.95. The van der Waals surface area contributed by atoms with Gasteiger partial charge in [-0.15, -0.1) is 0 Å². The summed E-state index contributed by atoms with van der Waals surface area (Å²) in [6, 6.07) is 5.37. The van der Waals surface area contributed by atoms with E-state index in [1.807, 2.05) is 0 Å². The fourth-order valence-corrected chi connectivity index (χ4v) is 5.90. The van der Waals surface area contributed by atoms with Gasteiger partial charge in [-0.05, 0) is 44.4 Å². The number of anilines is 1. The molecule has 3 heterocycles. The van der Waals surface area contributed by atoms with Gasteiger partial charge < -0.3 is 10.3 Å². The third kappa shape index (κ3) is 3.56. The Balaban J connectivity index is 1.84. The van der Waals surface area contributed by atoms with Crippen molar-refractivity contribution in [3.05, 3.63) is 53.4 Å². The van der Waals surface area contributed by atoms with Crippen LogP contribution in [-0.4, -0.2) is 34.4 Å². The Labute approximate surface area is 174 Å². The second kappa shape index (κ2) is 7.77. The first-order chi connectivity index (χ1) is 14.3. The van der Waals surface area contributed by atoms with E-state index in [1.165, 1.54) is 16.4 Å². The van der Waals surface area contributed by atoms with E-state index in [4.69, 9.17) is 10.3 Å². The van der Waals surface area contributed by atoms with Crippen molar-refractivity contribution < 1.29 is 17.3 Å². The number of piperidine rings is 1. The zero-order valence-corrected chi connectivity index (χ0v) is 17.5. The van der Waals surface area contributed by atoms with Crippen LogP contribution in [-0.2, 0) is 10.0 Å². The molecule has 1 saturated heterocycles. The number of benzene rings is 1. The van der Waals surface area contributed by atoms with Crippen LogP contribution in [0.1, 0.15) is 42.5 Å². The van der Waals surface area contributed by atoms with Crippen molar-refractivity contribution in [2.45, 2.75) is 44.0 Å². The van der Waals surface area contributed by atoms with Crippen LogP contribution in [0.2, 0.25) is 0 Å². The molecule has 1 aromatic carbocycles. The normalized spacial score (nSPS) is 17.9. The molecule has 10 heteroatoms. The Kier molecular flexibility index (Phi) is 5.29. The van der Waals surface area contributed by atoms with Gasteiger partial charge in [-0.1, -0.05) is 23.7 Å². The molecule has 3 aromatic rings. The Morgan fingerprint density at radius 1 is 1.20 bits per heavy atom. The highest BCUT2D eigenvalue weighted by atomic mass is 32.2. The van der Waals surface area contributed by atoms with Crippen molar-refractivity contribution in [2.24, 2.45) is 0 Å². The second-order valence-electron chi connectivity index (χ2n) is 7.31. The Morgan fingerprint density at radius 2 is 1.93 bits per heavy atom. The number of hydrogen-bond donors (Lipinski definition) is 1. The quantitative estimate of drug-likeness (QED) is 0.673. The average molecular weight is 431 g/mol. The zero-order chi connectivity index (χ0) is 21.5. The van der Waals surface area contributed by atoms with Crippen LogP contribution >= 0.6 is 0 Å². The lowest BCUT2D eigenvalue weighted by Gasteiger charge is -2.35. The summed E-state index contributed by atoms with van der Waals surface area (Å²) in [4.78, 5) is 8.58. The lowest BCUT2D eigenvalue weighted by Crippen LogP contribution is -2.39. The molecule has 0 saturated carbocycles. The van der Waals surface area contributed by atoms with E-state index in [0.717, 1.165) is 12.8 Å². The lowest BCUT2D eigenvalue weighted by molar-refractivity contribution is 0.251. The summed E-state index contributed by atoms with van der Waals surface area (Å²) in [6.07, 6.45) is 3.70. The van der Waals surface area contributed by atoms with Gasteiger partial charge in [-0.25, -0.2) is 22.8 Å². The van der Waals surface area contributed by atoms with Gasteiger partial charge in [0.15, 0.2) is 5.76 Å². The molecule has 158 valence electrons. The molecule has 2 aromatic heterocycles. The fourth-order valence-electron chi connectivity index (χ4n) is 3.94. The molecular weight excluding hydrogens is 409 g/mol. The number of aromatic nitrogens is 3. The smallest absolute Gasteiger partial charge is 0.249 e. The average Bonchev–Trinajstić information content (AvgIpc) is 3.07. The number of nitrogen functional groups attached to an aromatic ring is 1. The Bertz CT molecular complexity index is 1160. The van der Waals surface area contributed by atoms with Crippen molar-refractivity contribution in [3.8, 4) is 11.1 Å². The molecule has 0 bridgehead atoms. The summed E-state index contributed by atoms with van der Waals surface area (Å²) < 4.78 is 47.1. The molecule has 1 aliphatic rings. The molecule has 0 aliphatic carbocycles. The van der Waals surface area contributed by atoms with E-state index in [9.17, 15) is 12.8 Å². The fraction of sp³-hybridized carbons (Fsp3) is 0.350. The number of aryl methyl sites for hydroxylation is 2. The van der Waals surface area contributed by atoms with E-state index >= 15 is 0 Å². The van der Waals surface area contributed by atoms with Gasteiger partial charge in [0.25, 0.3) is 0 Å². The second-order valence-corrected chi connectivity index (χ2v) is 9.14. The first-order valence-corrected chi connectivity index (χ1v) is 11.1. The minimum atomic E-state index is -3.88. The van der Waals surface area contributed by atoms with Crippen LogP contribution in [0, 0.1) is 19.7 Å². The SMILES string of the molecule is Cc1noc(C)c1S(=O)(=O)N1CCCCC1c1nc(N)ncc1-c1ccc(F)cc1. The van der Waals surface area contributed by atoms with Gasteiger partial charge in [0, 0.05) is 18.3 Å². The van der Waals surface area contributed by atoms with E-state index < -0.39 is 16.1 Å². The number of rotatable bonds is 4. The molecule has 1 aliphatic heterocycles. The predicted octanol–water partition coefficient (Wildman–Crippen LogP) is 3.39. The molecule has 1 atom stereocenters. The van der Waals surface area contributed by atoms with Gasteiger partial charge in [0.05, 0.1) is 11.7 Å². The van der Waals surface area contributed by atoms with E-state index in [2.05, 4.69) is 15.1 Å². The number of hydrogen-bond acceptors (Lipinski definition) is 7. The minimum Gasteiger partial charge on any atom is -0.368 e. The molecular formula is C20H22FN5O3S. The van der Waals surface area contributed by atoms with Crippen molar-refractivity contribution in [3.63, 3.8) is 0 Å². The van der Waals surface area contributed by atoms with Gasteiger partial charge in [-0.2, -0.15) is 4.31 Å². The largest absolute Gasteiger partial charge is 0.368 e. The summed E-state index contributed by atoms with van der Waals surface area (Å²) in [7, 11) is -3.88. The van der Waals surface area contributed by atoms with Gasteiger partial charge in [0.1, 0.15) is 16.4 Å². The predicted molar refractivity (Wildman–Crippen MR) is 108 cm³/mol. The van der Waals surface area contributed by atoms with Crippen molar-refractivity contribution in [1.29, 1.82) is 0 Å². The third-order valence-electron chi connectivity index (χ3n) is 5.30. The van der Waals surface area contributed by atoms with Crippen molar-refractivity contribution in [1.82, 2.24) is 19.4 Å². The maximum atomic E-state index is 13.6. The number of nitrogens with zero attached hydrogens (tertiary/aromatic N) is 4. The van der Waals surface area contributed by atoms with Crippen LogP contribution in [0.4, 0.5) is 10.3 Å². The molecule has 1 fully saturated rings. The monoisotopic (exact) mass is 431 g/mol. The van der Waals surface area contributed by atoms with Crippen molar-refractivity contribution >= 4 is 16.0 Å². The van der Waals surface area contributed by atoms with Crippen LogP contribution < -0.4 is 5.73 Å². The molecule has 0 amide bonds. The van der Waals surface area contributed by atoms with Gasteiger partial charge >= 0.3 is 0 Å². The molecule has 4 rings (SSSR count). The maximum absolute atomic E-state index is 13.6. The maximum Gasteiger partial charge on any atom is 0.249 e. The third-order valence-corrected chi connectivity index (χ3v) is 7.45. The van der Waals surface area contributed by atoms with E-state index in [-0.39, 0.29) is 22.4 Å². The minimum absolute atomic E-state index is 0.0520. The summed E-state index contributed by atoms with van der Waals surface area (Å²) in [5, 5.41) is 3.80. The first-order valence-electron chi connectivity index (χ1n) is 9.62. The van der Waals surface area contributed by atoms with Crippen LogP contribution in [0.3, 0.4) is 0 Å². The highest BCUT2D eigenvalue weighted by Crippen LogP contribution is 2.39. The van der Waals surface area contributed by atoms with Crippen LogP contribution in [0.5, 0.6) is 0 Å². The summed E-state index contributed by atoms with van der Waals surface area (Å²) in [6.45, 7) is 3.53. The topological polar surface area (TPSA) is 115 Å². The summed E-state index contributed by atoms with van der Waals surface area (Å²) >= 11 is 0. The highest BCUT2D eigenvalue weighted by molar-refractivity contribution is 7.89. The molecule has 0 radical (unpaired) electrons. The van der Waals surface area contributed by atoms with E-state index in [0.29, 0.717) is 35.5 Å². The number of nitrogens with two attached hydrogens (primary N) is 1. The molecule has 8 nitrogen and oxygen atoms in total. The van der Waals surface area contributed by atoms with E-state index in [1.54, 1.807) is 32.2 Å². The van der Waals surface area contributed by atoms with Gasteiger partial charge in [0.2, 0.25) is 16.0 Å². The van der Waals surface area contributed by atoms with Crippen LogP contribution in [0.15, 0.2) is 39.9 Å². The highest BCUT2D eigenvalue weighted by Gasteiger charge is 2.39. The number of halogens is 1. The standard InChI is InChI=1S/C20H22FN5O3S/c1-12-19(13(2)29-25-12)30(27,28)26-10-4-3-5-17(26)18-16(11-23-20(22)24-18)14-6-8-15(21)9-7-14/h6-9,11,17H,3-5,10H2,1-2H3,(H2,22,23,24). The van der Waals surface area contributed by atoms with Crippen LogP contribution in [0.25, 0.3) is 11.1 Å². The Morgan fingerprint density at radius 3 is 2.60 bits per heavy atom. The zero-order valence-electron chi connectivity index (χ0n) is 16.7. The number of sulfonamides is 1. The summed E-state index contributed by atoms with van der Waals surface area (Å²) in [5.74, 6) is -0.0640. The first kappa shape index (κ1) is 20.4. The Hall–Kier alpha value is -2.85. The van der Waals surface area contributed by atoms with Gasteiger partial charge in [-0.3, -0.25) is 0 Å². The summed E-state index contributed by atoms with van der Waals surface area (Å²) in [5.41, 5.74) is 7.99. The molecule has 2 N–H and O–H groups in total. The van der Waals surface area contributed by atoms with Crippen molar-refractivity contribution in [2.75, 3.05) is 12.3 Å². The molecule has 0 spiro atoms. The molecule has 1 unspecified atom stereocenters. The molecule has 30 heavy (non-hydrogen) atoms.